The Balaban J connectivity index is 2.20. The Kier molecular flexibility index (Phi) is 7.51. The van der Waals surface area contributed by atoms with E-state index >= 15 is 0 Å². The van der Waals surface area contributed by atoms with Crippen LogP contribution in [0.5, 0.6) is 0 Å². The third-order valence-electron chi connectivity index (χ3n) is 3.05. The smallest absolute Gasteiger partial charge is 0.227 e. The van der Waals surface area contributed by atoms with Gasteiger partial charge in [0, 0.05) is 12.4 Å². The van der Waals surface area contributed by atoms with E-state index in [9.17, 15) is 4.79 Å². The van der Waals surface area contributed by atoms with Crippen molar-refractivity contribution in [3.8, 4) is 0 Å². The Morgan fingerprint density at radius 2 is 1.83 bits per heavy atom. The van der Waals surface area contributed by atoms with E-state index in [-0.39, 0.29) is 11.8 Å². The molecule has 1 aromatic rings. The number of carbonyl (C=O) groups excluding carboxylic acids is 1. The first kappa shape index (κ1) is 15.0. The molecule has 1 rings (SSSR count). The molecule has 0 aliphatic heterocycles. The van der Waals surface area contributed by atoms with Crippen LogP contribution in [-0.2, 0) is 4.79 Å². The summed E-state index contributed by atoms with van der Waals surface area (Å²) in [7, 11) is 0. The van der Waals surface area contributed by atoms with Gasteiger partial charge in [-0.15, -0.1) is 11.6 Å². The average molecular weight is 268 g/mol. The van der Waals surface area contributed by atoms with Gasteiger partial charge in [-0.25, -0.2) is 0 Å². The number of benzene rings is 1. The maximum absolute atomic E-state index is 11.9. The third-order valence-corrected chi connectivity index (χ3v) is 3.32. The predicted octanol–water partition coefficient (Wildman–Crippen LogP) is 3.71. The summed E-state index contributed by atoms with van der Waals surface area (Å²) in [5, 5.41) is 2.99. The summed E-state index contributed by atoms with van der Waals surface area (Å²) >= 11 is 5.60. The molecule has 1 aromatic carbocycles. The first-order chi connectivity index (χ1) is 8.75. The standard InChI is InChI=1S/C15H22ClNO/c1-13(14-9-5-4-6-10-14)15(18)17-12-8-3-2-7-11-16/h4-6,9-10,13H,2-3,7-8,11-12H2,1H3,(H,17,18). The monoisotopic (exact) mass is 267 g/mol. The molecule has 0 radical (unpaired) electrons. The summed E-state index contributed by atoms with van der Waals surface area (Å²) in [4.78, 5) is 11.9. The van der Waals surface area contributed by atoms with Gasteiger partial charge in [-0.3, -0.25) is 4.79 Å². The maximum atomic E-state index is 11.9. The Morgan fingerprint density at radius 3 is 2.50 bits per heavy atom. The van der Waals surface area contributed by atoms with Crippen molar-refractivity contribution in [1.82, 2.24) is 5.32 Å². The zero-order valence-corrected chi connectivity index (χ0v) is 11.7. The molecule has 0 saturated carbocycles. The Bertz CT molecular complexity index is 340. The number of hydrogen-bond acceptors (Lipinski definition) is 1. The highest BCUT2D eigenvalue weighted by molar-refractivity contribution is 6.17. The number of unbranched alkanes of at least 4 members (excludes halogenated alkanes) is 3. The third kappa shape index (κ3) is 5.54. The molecule has 1 N–H and O–H groups in total. The zero-order valence-electron chi connectivity index (χ0n) is 11.0. The van der Waals surface area contributed by atoms with Gasteiger partial charge in [-0.1, -0.05) is 43.2 Å². The summed E-state index contributed by atoms with van der Waals surface area (Å²) in [6.45, 7) is 2.70. The molecule has 0 saturated heterocycles. The van der Waals surface area contributed by atoms with Crippen molar-refractivity contribution in [3.63, 3.8) is 0 Å². The van der Waals surface area contributed by atoms with Crippen molar-refractivity contribution in [2.75, 3.05) is 12.4 Å². The molecule has 100 valence electrons. The van der Waals surface area contributed by atoms with Gasteiger partial charge >= 0.3 is 0 Å². The molecule has 1 atom stereocenters. The topological polar surface area (TPSA) is 29.1 Å². The summed E-state index contributed by atoms with van der Waals surface area (Å²) in [6.07, 6.45) is 4.38. The van der Waals surface area contributed by atoms with Crippen LogP contribution in [0.2, 0.25) is 0 Å². The number of nitrogens with one attached hydrogen (secondary N) is 1. The summed E-state index contributed by atoms with van der Waals surface area (Å²) in [6, 6.07) is 9.87. The predicted molar refractivity (Wildman–Crippen MR) is 77.1 cm³/mol. The molecule has 1 amide bonds. The Morgan fingerprint density at radius 1 is 1.17 bits per heavy atom. The van der Waals surface area contributed by atoms with Crippen LogP contribution in [0.25, 0.3) is 0 Å². The van der Waals surface area contributed by atoms with E-state index in [1.165, 1.54) is 0 Å². The van der Waals surface area contributed by atoms with Gasteiger partial charge in [0.05, 0.1) is 5.92 Å². The number of carbonyl (C=O) groups is 1. The lowest BCUT2D eigenvalue weighted by atomic mass is 10.0. The minimum atomic E-state index is -0.0750. The van der Waals surface area contributed by atoms with E-state index in [1.54, 1.807) is 0 Å². The SMILES string of the molecule is CC(C(=O)NCCCCCCCl)c1ccccc1. The van der Waals surface area contributed by atoms with Crippen molar-refractivity contribution in [3.05, 3.63) is 35.9 Å². The van der Waals surface area contributed by atoms with Gasteiger partial charge < -0.3 is 5.32 Å². The lowest BCUT2D eigenvalue weighted by Gasteiger charge is -2.12. The van der Waals surface area contributed by atoms with Crippen molar-refractivity contribution >= 4 is 17.5 Å². The van der Waals surface area contributed by atoms with Crippen molar-refractivity contribution in [2.45, 2.75) is 38.5 Å². The highest BCUT2D eigenvalue weighted by Crippen LogP contribution is 2.14. The number of rotatable bonds is 8. The Labute approximate surface area is 115 Å². The molecule has 2 nitrogen and oxygen atoms in total. The van der Waals surface area contributed by atoms with Gasteiger partial charge in [-0.05, 0) is 25.3 Å². The zero-order chi connectivity index (χ0) is 13.2. The highest BCUT2D eigenvalue weighted by atomic mass is 35.5. The van der Waals surface area contributed by atoms with Crippen LogP contribution in [0.4, 0.5) is 0 Å². The molecule has 0 spiro atoms. The molecule has 0 aliphatic carbocycles. The Hall–Kier alpha value is -1.02. The van der Waals surface area contributed by atoms with Crippen molar-refractivity contribution in [2.24, 2.45) is 0 Å². The molecule has 18 heavy (non-hydrogen) atoms. The van der Waals surface area contributed by atoms with Crippen LogP contribution in [0.3, 0.4) is 0 Å². The lowest BCUT2D eigenvalue weighted by molar-refractivity contribution is -0.122. The maximum Gasteiger partial charge on any atom is 0.227 e. The molecular formula is C15H22ClNO. The summed E-state index contributed by atoms with van der Waals surface area (Å²) in [5.74, 6) is 0.768. The van der Waals surface area contributed by atoms with E-state index in [4.69, 9.17) is 11.6 Å². The second kappa shape index (κ2) is 8.98. The molecule has 0 heterocycles. The van der Waals surface area contributed by atoms with E-state index in [1.807, 2.05) is 37.3 Å². The molecule has 0 aromatic heterocycles. The van der Waals surface area contributed by atoms with Gasteiger partial charge in [0.1, 0.15) is 0 Å². The fraction of sp³-hybridized carbons (Fsp3) is 0.533. The van der Waals surface area contributed by atoms with Crippen LogP contribution >= 0.6 is 11.6 Å². The fourth-order valence-corrected chi connectivity index (χ4v) is 2.02. The fourth-order valence-electron chi connectivity index (χ4n) is 1.83. The average Bonchev–Trinajstić information content (AvgIpc) is 2.42. The molecular weight excluding hydrogens is 246 g/mol. The molecule has 1 unspecified atom stereocenters. The molecule has 0 fully saturated rings. The van der Waals surface area contributed by atoms with Crippen LogP contribution in [0, 0.1) is 0 Å². The summed E-state index contributed by atoms with van der Waals surface area (Å²) < 4.78 is 0. The van der Waals surface area contributed by atoms with Crippen LogP contribution < -0.4 is 5.32 Å². The van der Waals surface area contributed by atoms with E-state index in [2.05, 4.69) is 5.32 Å². The normalized spacial score (nSPS) is 12.1. The van der Waals surface area contributed by atoms with Crippen molar-refractivity contribution < 1.29 is 4.79 Å². The molecule has 0 aliphatic rings. The van der Waals surface area contributed by atoms with Crippen LogP contribution in [0.1, 0.15) is 44.1 Å². The largest absolute Gasteiger partial charge is 0.356 e. The first-order valence-electron chi connectivity index (χ1n) is 6.64. The van der Waals surface area contributed by atoms with E-state index < -0.39 is 0 Å². The van der Waals surface area contributed by atoms with E-state index in [0.717, 1.165) is 43.7 Å². The minimum absolute atomic E-state index is 0.0750. The lowest BCUT2D eigenvalue weighted by Crippen LogP contribution is -2.28. The van der Waals surface area contributed by atoms with E-state index in [0.29, 0.717) is 0 Å². The quantitative estimate of drug-likeness (QED) is 0.565. The van der Waals surface area contributed by atoms with Gasteiger partial charge in [0.25, 0.3) is 0 Å². The molecule has 3 heteroatoms. The summed E-state index contributed by atoms with van der Waals surface area (Å²) in [5.41, 5.74) is 1.07. The number of hydrogen-bond donors (Lipinski definition) is 1. The van der Waals surface area contributed by atoms with Gasteiger partial charge in [0.15, 0.2) is 0 Å². The highest BCUT2D eigenvalue weighted by Gasteiger charge is 2.13. The second-order valence-corrected chi connectivity index (χ2v) is 4.90. The van der Waals surface area contributed by atoms with Gasteiger partial charge in [-0.2, -0.15) is 0 Å². The minimum Gasteiger partial charge on any atom is -0.356 e. The second-order valence-electron chi connectivity index (χ2n) is 4.53. The van der Waals surface area contributed by atoms with Crippen LogP contribution in [-0.4, -0.2) is 18.3 Å². The number of amides is 1. The molecule has 0 bridgehead atoms. The van der Waals surface area contributed by atoms with Gasteiger partial charge in [0.2, 0.25) is 5.91 Å². The number of halogens is 1. The van der Waals surface area contributed by atoms with Crippen LogP contribution in [0.15, 0.2) is 30.3 Å². The van der Waals surface area contributed by atoms with Crippen molar-refractivity contribution in [1.29, 1.82) is 0 Å². The first-order valence-corrected chi connectivity index (χ1v) is 7.17. The number of alkyl halides is 1.